The van der Waals surface area contributed by atoms with Gasteiger partial charge in [0.25, 0.3) is 0 Å². The van der Waals surface area contributed by atoms with Crippen LogP contribution >= 0.6 is 0 Å². The zero-order valence-electron chi connectivity index (χ0n) is 10.9. The Hall–Kier alpha value is -0.570. The van der Waals surface area contributed by atoms with Crippen LogP contribution in [0.3, 0.4) is 0 Å². The summed E-state index contributed by atoms with van der Waals surface area (Å²) < 4.78 is 5.84. The van der Waals surface area contributed by atoms with Crippen molar-refractivity contribution < 1.29 is 14.6 Å². The Labute approximate surface area is 104 Å². The van der Waals surface area contributed by atoms with Crippen LogP contribution in [0.25, 0.3) is 0 Å². The van der Waals surface area contributed by atoms with Crippen LogP contribution in [0.5, 0.6) is 0 Å². The van der Waals surface area contributed by atoms with Crippen LogP contribution in [-0.2, 0) is 9.53 Å². The lowest BCUT2D eigenvalue weighted by Gasteiger charge is -2.38. The molecule has 1 saturated carbocycles. The molecule has 98 valence electrons. The fraction of sp³-hybridized carbons (Fsp3) is 0.929. The number of carboxylic acids is 1. The maximum absolute atomic E-state index is 11.2. The van der Waals surface area contributed by atoms with E-state index in [1.807, 2.05) is 6.92 Å². The second kappa shape index (κ2) is 5.38. The molecule has 5 atom stereocenters. The van der Waals surface area contributed by atoms with Gasteiger partial charge in [0.05, 0.1) is 18.6 Å². The van der Waals surface area contributed by atoms with E-state index >= 15 is 0 Å². The molecule has 3 unspecified atom stereocenters. The van der Waals surface area contributed by atoms with Crippen LogP contribution in [-0.4, -0.2) is 23.8 Å². The predicted octanol–water partition coefficient (Wildman–Crippen LogP) is 2.94. The lowest BCUT2D eigenvalue weighted by atomic mass is 9.67. The minimum atomic E-state index is -0.645. The highest BCUT2D eigenvalue weighted by Crippen LogP contribution is 2.43. The first-order valence-corrected chi connectivity index (χ1v) is 6.94. The third kappa shape index (κ3) is 2.82. The van der Waals surface area contributed by atoms with Gasteiger partial charge in [-0.2, -0.15) is 0 Å². The summed E-state index contributed by atoms with van der Waals surface area (Å²) in [4.78, 5) is 11.2. The first-order valence-electron chi connectivity index (χ1n) is 6.94. The van der Waals surface area contributed by atoms with Crippen molar-refractivity contribution in [3.8, 4) is 0 Å². The number of hydrogen-bond acceptors (Lipinski definition) is 2. The largest absolute Gasteiger partial charge is 0.481 e. The number of rotatable bonds is 2. The maximum Gasteiger partial charge on any atom is 0.306 e. The minimum absolute atomic E-state index is 0.222. The van der Waals surface area contributed by atoms with Crippen LogP contribution in [0.2, 0.25) is 0 Å². The van der Waals surface area contributed by atoms with E-state index in [4.69, 9.17) is 4.74 Å². The molecular formula is C14H24O3. The number of carbonyl (C=O) groups is 1. The molecule has 0 aromatic heterocycles. The molecule has 0 amide bonds. The van der Waals surface area contributed by atoms with Crippen LogP contribution in [0, 0.1) is 23.7 Å². The summed E-state index contributed by atoms with van der Waals surface area (Å²) >= 11 is 0. The van der Waals surface area contributed by atoms with E-state index in [1.165, 1.54) is 19.3 Å². The van der Waals surface area contributed by atoms with Crippen LogP contribution in [0.15, 0.2) is 0 Å². The fourth-order valence-corrected chi connectivity index (χ4v) is 3.62. The molecule has 1 saturated heterocycles. The molecule has 17 heavy (non-hydrogen) atoms. The summed E-state index contributed by atoms with van der Waals surface area (Å²) in [7, 11) is 0. The number of aliphatic carboxylic acids is 1. The van der Waals surface area contributed by atoms with Gasteiger partial charge < -0.3 is 9.84 Å². The monoisotopic (exact) mass is 240 g/mol. The summed E-state index contributed by atoms with van der Waals surface area (Å²) in [5.74, 6) is 0.615. The number of ether oxygens (including phenoxy) is 1. The van der Waals surface area contributed by atoms with Gasteiger partial charge in [0.2, 0.25) is 0 Å². The van der Waals surface area contributed by atoms with Crippen LogP contribution < -0.4 is 0 Å². The Balaban J connectivity index is 2.09. The molecule has 2 fully saturated rings. The summed E-state index contributed by atoms with van der Waals surface area (Å²) in [6.45, 7) is 4.77. The fourth-order valence-electron chi connectivity index (χ4n) is 3.62. The van der Waals surface area contributed by atoms with Gasteiger partial charge in [-0.15, -0.1) is 0 Å². The highest BCUT2D eigenvalue weighted by molar-refractivity contribution is 5.69. The van der Waals surface area contributed by atoms with E-state index < -0.39 is 5.97 Å². The molecular weight excluding hydrogens is 216 g/mol. The highest BCUT2D eigenvalue weighted by Gasteiger charge is 2.39. The Bertz CT molecular complexity index is 277. The maximum atomic E-state index is 11.2. The zero-order valence-corrected chi connectivity index (χ0v) is 10.9. The third-order valence-corrected chi connectivity index (χ3v) is 4.82. The Morgan fingerprint density at radius 1 is 1.29 bits per heavy atom. The van der Waals surface area contributed by atoms with Gasteiger partial charge in [-0.3, -0.25) is 4.79 Å². The van der Waals surface area contributed by atoms with Gasteiger partial charge in [-0.25, -0.2) is 0 Å². The van der Waals surface area contributed by atoms with E-state index in [-0.39, 0.29) is 5.92 Å². The smallest absolute Gasteiger partial charge is 0.306 e. The second-order valence-corrected chi connectivity index (χ2v) is 5.87. The van der Waals surface area contributed by atoms with Crippen LogP contribution in [0.1, 0.15) is 46.0 Å². The second-order valence-electron chi connectivity index (χ2n) is 5.87. The average Bonchev–Trinajstić information content (AvgIpc) is 2.50. The highest BCUT2D eigenvalue weighted by atomic mass is 16.5. The van der Waals surface area contributed by atoms with E-state index in [1.54, 1.807) is 0 Å². The third-order valence-electron chi connectivity index (χ3n) is 4.82. The van der Waals surface area contributed by atoms with E-state index in [2.05, 4.69) is 6.92 Å². The SMILES string of the molecule is C[C@H]1CCC2CCCC([C@@H](C)C(=O)O)C2CO1. The lowest BCUT2D eigenvalue weighted by Crippen LogP contribution is -2.37. The average molecular weight is 240 g/mol. The number of hydrogen-bond donors (Lipinski definition) is 1. The Morgan fingerprint density at radius 3 is 2.76 bits per heavy atom. The molecule has 0 spiro atoms. The summed E-state index contributed by atoms with van der Waals surface area (Å²) in [5, 5.41) is 9.21. The first-order chi connectivity index (χ1) is 8.09. The molecule has 2 rings (SSSR count). The molecule has 2 aliphatic rings. The summed E-state index contributed by atoms with van der Waals surface area (Å²) in [6.07, 6.45) is 6.22. The van der Waals surface area contributed by atoms with Crippen molar-refractivity contribution in [2.45, 2.75) is 52.1 Å². The van der Waals surface area contributed by atoms with Gasteiger partial charge in [0.15, 0.2) is 0 Å². The van der Waals surface area contributed by atoms with Gasteiger partial charge >= 0.3 is 5.97 Å². The van der Waals surface area contributed by atoms with E-state index in [0.717, 1.165) is 19.4 Å². The normalized spacial score (nSPS) is 40.1. The summed E-state index contributed by atoms with van der Waals surface area (Å²) in [5.41, 5.74) is 0. The van der Waals surface area contributed by atoms with E-state index in [9.17, 15) is 9.90 Å². The van der Waals surface area contributed by atoms with Crippen molar-refractivity contribution in [2.75, 3.05) is 6.61 Å². The molecule has 3 nitrogen and oxygen atoms in total. The molecule has 0 aromatic carbocycles. The van der Waals surface area contributed by atoms with Crippen molar-refractivity contribution in [1.82, 2.24) is 0 Å². The number of fused-ring (bicyclic) bond motifs is 1. The molecule has 1 aliphatic heterocycles. The molecule has 0 radical (unpaired) electrons. The standard InChI is InChI=1S/C14H24O3/c1-9-6-7-11-4-3-5-12(10(2)14(15)16)13(11)8-17-9/h9-13H,3-8H2,1-2H3,(H,15,16)/t9-,10+,11?,12?,13?/m0/s1. The van der Waals surface area contributed by atoms with Crippen molar-refractivity contribution >= 4 is 5.97 Å². The molecule has 1 N–H and O–H groups in total. The van der Waals surface area contributed by atoms with Gasteiger partial charge in [0.1, 0.15) is 0 Å². The molecule has 0 bridgehead atoms. The van der Waals surface area contributed by atoms with Crippen molar-refractivity contribution in [3.05, 3.63) is 0 Å². The topological polar surface area (TPSA) is 46.5 Å². The van der Waals surface area contributed by atoms with Crippen molar-refractivity contribution in [1.29, 1.82) is 0 Å². The molecule has 1 heterocycles. The van der Waals surface area contributed by atoms with Gasteiger partial charge in [-0.1, -0.05) is 19.8 Å². The number of carboxylic acid groups (broad SMARTS) is 1. The quantitative estimate of drug-likeness (QED) is 0.807. The lowest BCUT2D eigenvalue weighted by molar-refractivity contribution is -0.145. The van der Waals surface area contributed by atoms with E-state index in [0.29, 0.717) is 23.9 Å². The summed E-state index contributed by atoms with van der Waals surface area (Å²) in [6, 6.07) is 0. The molecule has 1 aliphatic carbocycles. The van der Waals surface area contributed by atoms with Crippen LogP contribution in [0.4, 0.5) is 0 Å². The Kier molecular flexibility index (Phi) is 4.08. The molecule has 3 heteroatoms. The molecule has 0 aromatic rings. The Morgan fingerprint density at radius 2 is 2.06 bits per heavy atom. The van der Waals surface area contributed by atoms with Crippen molar-refractivity contribution in [2.24, 2.45) is 23.7 Å². The first kappa shape index (κ1) is 12.9. The van der Waals surface area contributed by atoms with Gasteiger partial charge in [-0.05, 0) is 43.9 Å². The van der Waals surface area contributed by atoms with Gasteiger partial charge in [0, 0.05) is 0 Å². The predicted molar refractivity (Wildman–Crippen MR) is 65.8 cm³/mol. The minimum Gasteiger partial charge on any atom is -0.481 e. The zero-order chi connectivity index (χ0) is 12.4. The van der Waals surface area contributed by atoms with Crippen molar-refractivity contribution in [3.63, 3.8) is 0 Å².